The normalized spacial score (nSPS) is 22.7. The summed E-state index contributed by atoms with van der Waals surface area (Å²) >= 11 is 6.25. The third-order valence-corrected chi connectivity index (χ3v) is 11.4. The molecule has 2 unspecified atom stereocenters. The molecule has 1 heterocycles. The van der Waals surface area contributed by atoms with E-state index in [0.717, 1.165) is 50.0 Å². The van der Waals surface area contributed by atoms with Crippen molar-refractivity contribution in [1.82, 2.24) is 10.3 Å². The zero-order valence-electron chi connectivity index (χ0n) is 29.2. The molecule has 51 heavy (non-hydrogen) atoms. The first-order valence-electron chi connectivity index (χ1n) is 18.2. The minimum Gasteiger partial charge on any atom is -0.493 e. The zero-order valence-corrected chi connectivity index (χ0v) is 30.0. The Morgan fingerprint density at radius 3 is 2.59 bits per heavy atom. The summed E-state index contributed by atoms with van der Waals surface area (Å²) in [5, 5.41) is 25.7. The van der Waals surface area contributed by atoms with Crippen molar-refractivity contribution in [1.29, 1.82) is 0 Å². The highest BCUT2D eigenvalue weighted by molar-refractivity contribution is 6.30. The van der Waals surface area contributed by atoms with Crippen molar-refractivity contribution in [3.8, 4) is 11.5 Å². The standard InChI is InChI=1S/C40H48ClN3O7/c1-26(20-36(45)43-24-37(46)47)25-51-31-12-11-27-21-28(6-5-19-50-35-13-18-42-34-10-3-2-9-32(34)35)39(33(27)23-31)14-16-40(17-15-39,38(48)49)44-30-8-4-7-29(41)22-30/h4,7-8,11-13,18,22-23,26,28,44H,2-3,5-6,9-10,14-17,19-21,24-25H2,1H3,(H,43,45)(H,46,47)(H,48,49). The summed E-state index contributed by atoms with van der Waals surface area (Å²) in [4.78, 5) is 40.4. The Morgan fingerprint density at radius 2 is 1.82 bits per heavy atom. The van der Waals surface area contributed by atoms with Crippen molar-refractivity contribution in [2.24, 2.45) is 11.8 Å². The topological polar surface area (TPSA) is 147 Å². The number of pyridine rings is 1. The van der Waals surface area contributed by atoms with E-state index in [1.165, 1.54) is 23.1 Å². The Morgan fingerprint density at radius 1 is 1.02 bits per heavy atom. The van der Waals surface area contributed by atoms with Gasteiger partial charge in [-0.1, -0.05) is 30.7 Å². The van der Waals surface area contributed by atoms with Crippen LogP contribution in [-0.4, -0.2) is 58.3 Å². The molecule has 3 aromatic rings. The Kier molecular flexibility index (Phi) is 11.4. The van der Waals surface area contributed by atoms with E-state index < -0.39 is 24.0 Å². The van der Waals surface area contributed by atoms with Crippen LogP contribution in [0.25, 0.3) is 0 Å². The highest BCUT2D eigenvalue weighted by Gasteiger charge is 2.54. The lowest BCUT2D eigenvalue weighted by molar-refractivity contribution is -0.144. The number of hydrogen-bond donors (Lipinski definition) is 4. The van der Waals surface area contributed by atoms with Crippen LogP contribution in [0.3, 0.4) is 0 Å². The number of carboxylic acids is 2. The molecular formula is C40H48ClN3O7. The number of hydrogen-bond acceptors (Lipinski definition) is 7. The molecule has 10 nitrogen and oxygen atoms in total. The molecule has 272 valence electrons. The van der Waals surface area contributed by atoms with Gasteiger partial charge in [0.2, 0.25) is 5.91 Å². The Hall–Kier alpha value is -4.31. The van der Waals surface area contributed by atoms with Gasteiger partial charge < -0.3 is 30.3 Å². The van der Waals surface area contributed by atoms with E-state index in [2.05, 4.69) is 27.8 Å². The number of aryl methyl sites for hydroxylation is 1. The average Bonchev–Trinajstić information content (AvgIpc) is 3.41. The first-order chi connectivity index (χ1) is 24.6. The number of rotatable bonds is 15. The van der Waals surface area contributed by atoms with Crippen LogP contribution < -0.4 is 20.1 Å². The van der Waals surface area contributed by atoms with Gasteiger partial charge >= 0.3 is 11.9 Å². The van der Waals surface area contributed by atoms with Crippen LogP contribution in [0, 0.1) is 11.8 Å². The van der Waals surface area contributed by atoms with Crippen molar-refractivity contribution in [2.45, 2.75) is 94.9 Å². The number of halogens is 1. The molecule has 1 aromatic heterocycles. The number of amides is 1. The second-order valence-corrected chi connectivity index (χ2v) is 15.1. The minimum atomic E-state index is -1.11. The van der Waals surface area contributed by atoms with Crippen molar-refractivity contribution < 1.29 is 34.1 Å². The number of carboxylic acid groups (broad SMARTS) is 2. The zero-order chi connectivity index (χ0) is 36.0. The lowest BCUT2D eigenvalue weighted by atomic mass is 9.60. The summed E-state index contributed by atoms with van der Waals surface area (Å²) in [6.07, 6.45) is 11.4. The predicted octanol–water partition coefficient (Wildman–Crippen LogP) is 7.00. The van der Waals surface area contributed by atoms with Crippen molar-refractivity contribution in [3.63, 3.8) is 0 Å². The van der Waals surface area contributed by atoms with E-state index in [1.807, 2.05) is 37.4 Å². The van der Waals surface area contributed by atoms with E-state index >= 15 is 0 Å². The Labute approximate surface area is 304 Å². The van der Waals surface area contributed by atoms with Crippen molar-refractivity contribution in [2.75, 3.05) is 25.1 Å². The lowest BCUT2D eigenvalue weighted by Gasteiger charge is -2.47. The van der Waals surface area contributed by atoms with Gasteiger partial charge in [-0.05, 0) is 135 Å². The first-order valence-corrected chi connectivity index (χ1v) is 18.6. The molecule has 0 radical (unpaired) electrons. The summed E-state index contributed by atoms with van der Waals surface area (Å²) < 4.78 is 12.6. The third kappa shape index (κ3) is 8.43. The van der Waals surface area contributed by atoms with Gasteiger partial charge in [0.05, 0.1) is 13.2 Å². The summed E-state index contributed by atoms with van der Waals surface area (Å²) in [7, 11) is 0. The Balaban J connectivity index is 1.18. The SMILES string of the molecule is CC(COc1ccc2c(c1)C1(CCC(Nc3cccc(Cl)c3)(C(=O)O)CC1)C(CCCOc1ccnc3c1CCCC3)C2)CC(=O)NCC(=O)O. The number of carbonyl (C=O) groups excluding carboxylic acids is 1. The molecule has 6 rings (SSSR count). The smallest absolute Gasteiger partial charge is 0.329 e. The van der Waals surface area contributed by atoms with Crippen LogP contribution in [0.15, 0.2) is 54.7 Å². The molecule has 1 amide bonds. The molecule has 2 aromatic carbocycles. The van der Waals surface area contributed by atoms with Crippen LogP contribution in [-0.2, 0) is 39.1 Å². The van der Waals surface area contributed by atoms with Gasteiger partial charge in [0, 0.05) is 34.6 Å². The number of ether oxygens (including phenoxy) is 2. The van der Waals surface area contributed by atoms with Crippen LogP contribution >= 0.6 is 11.6 Å². The minimum absolute atomic E-state index is 0.122. The predicted molar refractivity (Wildman–Crippen MR) is 195 cm³/mol. The molecule has 3 aliphatic rings. The summed E-state index contributed by atoms with van der Waals surface area (Å²) in [6, 6.07) is 15.5. The second kappa shape index (κ2) is 15.9. The third-order valence-electron chi connectivity index (χ3n) is 11.1. The quantitative estimate of drug-likeness (QED) is 0.122. The van der Waals surface area contributed by atoms with Gasteiger partial charge in [-0.15, -0.1) is 0 Å². The van der Waals surface area contributed by atoms with Gasteiger partial charge in [-0.25, -0.2) is 4.79 Å². The molecular weight excluding hydrogens is 670 g/mol. The second-order valence-electron chi connectivity index (χ2n) is 14.6. The molecule has 11 heteroatoms. The number of aliphatic carboxylic acids is 2. The molecule has 4 N–H and O–H groups in total. The molecule has 1 spiro atoms. The number of nitrogens with zero attached hydrogens (tertiary/aromatic N) is 1. The number of nitrogens with one attached hydrogen (secondary N) is 2. The number of anilines is 1. The van der Waals surface area contributed by atoms with Crippen LogP contribution in [0.2, 0.25) is 5.02 Å². The van der Waals surface area contributed by atoms with Gasteiger partial charge in [-0.3, -0.25) is 14.6 Å². The van der Waals surface area contributed by atoms with Crippen LogP contribution in [0.1, 0.15) is 87.1 Å². The molecule has 0 aliphatic heterocycles. The fourth-order valence-electron chi connectivity index (χ4n) is 8.48. The number of fused-ring (bicyclic) bond motifs is 3. The van der Waals surface area contributed by atoms with E-state index in [0.29, 0.717) is 61.3 Å². The highest BCUT2D eigenvalue weighted by Crippen LogP contribution is 2.56. The summed E-state index contributed by atoms with van der Waals surface area (Å²) in [6.45, 7) is 2.41. The number of benzene rings is 2. The maximum Gasteiger partial charge on any atom is 0.329 e. The summed E-state index contributed by atoms with van der Waals surface area (Å²) in [5.74, 6) is -0.413. The molecule has 0 saturated heterocycles. The van der Waals surface area contributed by atoms with Gasteiger partial charge in [0.15, 0.2) is 0 Å². The van der Waals surface area contributed by atoms with E-state index in [1.54, 1.807) is 12.1 Å². The fraction of sp³-hybridized carbons (Fsp3) is 0.500. The fourth-order valence-corrected chi connectivity index (χ4v) is 8.67. The Bertz CT molecular complexity index is 1740. The van der Waals surface area contributed by atoms with E-state index in [9.17, 15) is 19.5 Å². The van der Waals surface area contributed by atoms with Gasteiger partial charge in [0.25, 0.3) is 0 Å². The van der Waals surface area contributed by atoms with Gasteiger partial charge in [0.1, 0.15) is 23.6 Å². The van der Waals surface area contributed by atoms with E-state index in [4.69, 9.17) is 26.2 Å². The van der Waals surface area contributed by atoms with Crippen molar-refractivity contribution in [3.05, 3.63) is 82.1 Å². The summed E-state index contributed by atoms with van der Waals surface area (Å²) in [5.41, 5.74) is 4.26. The maximum absolute atomic E-state index is 12.9. The number of carbonyl (C=O) groups is 3. The largest absolute Gasteiger partial charge is 0.493 e. The highest BCUT2D eigenvalue weighted by atomic mass is 35.5. The maximum atomic E-state index is 12.9. The molecule has 2 atom stereocenters. The molecule has 1 saturated carbocycles. The van der Waals surface area contributed by atoms with E-state index in [-0.39, 0.29) is 23.7 Å². The monoisotopic (exact) mass is 717 g/mol. The van der Waals surface area contributed by atoms with Crippen molar-refractivity contribution >= 4 is 35.1 Å². The average molecular weight is 718 g/mol. The van der Waals surface area contributed by atoms with Crippen LogP contribution in [0.4, 0.5) is 5.69 Å². The molecule has 1 fully saturated rings. The first kappa shape index (κ1) is 36.5. The van der Waals surface area contributed by atoms with Gasteiger partial charge in [-0.2, -0.15) is 0 Å². The lowest BCUT2D eigenvalue weighted by Crippen LogP contribution is -2.53. The molecule has 3 aliphatic carbocycles. The molecule has 0 bridgehead atoms. The number of aromatic nitrogens is 1. The van der Waals surface area contributed by atoms with Crippen LogP contribution in [0.5, 0.6) is 11.5 Å².